The summed E-state index contributed by atoms with van der Waals surface area (Å²) >= 11 is 0. The van der Waals surface area contributed by atoms with Crippen molar-refractivity contribution in [2.45, 2.75) is 92.1 Å². The second-order valence-electron chi connectivity index (χ2n) is 13.7. The van der Waals surface area contributed by atoms with Gasteiger partial charge in [-0.3, -0.25) is 0 Å². The molecule has 5 rings (SSSR count). The summed E-state index contributed by atoms with van der Waals surface area (Å²) in [4.78, 5) is 19.1. The summed E-state index contributed by atoms with van der Waals surface area (Å²) in [7, 11) is 4.87. The minimum absolute atomic E-state index is 0.171. The van der Waals surface area contributed by atoms with Gasteiger partial charge in [-0.2, -0.15) is 0 Å². The Labute approximate surface area is 290 Å². The number of aromatic nitrogens is 3. The molecule has 49 heavy (non-hydrogen) atoms. The number of hydrogen-bond donors (Lipinski definition) is 0. The monoisotopic (exact) mass is 671 g/mol. The second-order valence-corrected chi connectivity index (χ2v) is 13.7. The number of fused-ring (bicyclic) bond motifs is 1. The Balaban J connectivity index is 1.56. The highest BCUT2D eigenvalue weighted by Gasteiger charge is 2.36. The van der Waals surface area contributed by atoms with Crippen molar-refractivity contribution < 1.29 is 28.5 Å². The van der Waals surface area contributed by atoms with E-state index in [1.54, 1.807) is 25.8 Å². The van der Waals surface area contributed by atoms with E-state index in [2.05, 4.69) is 27.7 Å². The zero-order valence-electron chi connectivity index (χ0n) is 30.5. The van der Waals surface area contributed by atoms with Gasteiger partial charge >= 0.3 is 5.97 Å². The topological polar surface area (TPSA) is 93.4 Å². The first kappa shape index (κ1) is 36.0. The molecule has 0 spiro atoms. The van der Waals surface area contributed by atoms with Gasteiger partial charge in [0.15, 0.2) is 11.5 Å². The molecule has 0 saturated heterocycles. The van der Waals surface area contributed by atoms with Crippen LogP contribution in [0.15, 0.2) is 36.4 Å². The normalized spacial score (nSPS) is 19.6. The fourth-order valence-electron chi connectivity index (χ4n) is 7.34. The molecule has 0 N–H and O–H groups in total. The van der Waals surface area contributed by atoms with Gasteiger partial charge in [0.2, 0.25) is 0 Å². The van der Waals surface area contributed by atoms with Crippen molar-refractivity contribution >= 4 is 17.7 Å². The molecular weight excluding hydrogens is 618 g/mol. The quantitative estimate of drug-likeness (QED) is 0.0922. The summed E-state index contributed by atoms with van der Waals surface area (Å²) in [6.45, 7) is 11.4. The smallest absolute Gasteiger partial charge is 0.342 e. The van der Waals surface area contributed by atoms with Crippen LogP contribution >= 0.6 is 0 Å². The van der Waals surface area contributed by atoms with Crippen LogP contribution in [0.2, 0.25) is 0 Å². The second kappa shape index (κ2) is 16.4. The van der Waals surface area contributed by atoms with E-state index in [1.165, 1.54) is 25.7 Å². The molecule has 9 heteroatoms. The van der Waals surface area contributed by atoms with Crippen LogP contribution in [0.4, 0.5) is 0 Å². The lowest BCUT2D eigenvalue weighted by molar-refractivity contribution is -0.0251. The summed E-state index contributed by atoms with van der Waals surface area (Å²) < 4.78 is 31.1. The maximum absolute atomic E-state index is 14.1. The van der Waals surface area contributed by atoms with Crippen molar-refractivity contribution in [2.75, 3.05) is 27.9 Å². The van der Waals surface area contributed by atoms with Crippen LogP contribution in [-0.2, 0) is 4.74 Å². The lowest BCUT2D eigenvalue weighted by Crippen LogP contribution is -2.37. The van der Waals surface area contributed by atoms with Gasteiger partial charge in [-0.05, 0) is 85.9 Å². The SMILES string of the molecule is CCCCCCCCOc1ccc(OC)c(-c2nc3c(C(=O)OC4C(C)CC(C)CC4C)c(C)c(=Cc4ccc(OC)cc4OC)n3n2)c1. The lowest BCUT2D eigenvalue weighted by atomic mass is 9.75. The Kier molecular flexibility index (Phi) is 12.1. The molecule has 1 aliphatic carbocycles. The molecule has 2 aromatic heterocycles. The van der Waals surface area contributed by atoms with Crippen LogP contribution in [0.25, 0.3) is 23.1 Å². The number of nitrogens with zero attached hydrogens (tertiary/aromatic N) is 3. The van der Waals surface area contributed by atoms with Crippen molar-refractivity contribution in [1.82, 2.24) is 14.6 Å². The van der Waals surface area contributed by atoms with Crippen LogP contribution in [0.1, 0.15) is 101 Å². The van der Waals surface area contributed by atoms with Gasteiger partial charge in [0.05, 0.1) is 38.8 Å². The first-order chi connectivity index (χ1) is 23.7. The Bertz CT molecular complexity index is 1770. The predicted octanol–water partition coefficient (Wildman–Crippen LogP) is 8.25. The van der Waals surface area contributed by atoms with Crippen molar-refractivity contribution in [3.63, 3.8) is 0 Å². The number of carbonyl (C=O) groups is 1. The van der Waals surface area contributed by atoms with Crippen molar-refractivity contribution in [1.29, 1.82) is 0 Å². The average Bonchev–Trinajstić information content (AvgIpc) is 3.62. The maximum atomic E-state index is 14.1. The number of benzene rings is 2. The third-order valence-electron chi connectivity index (χ3n) is 9.85. The van der Waals surface area contributed by atoms with Crippen molar-refractivity contribution in [3.8, 4) is 34.4 Å². The minimum atomic E-state index is -0.385. The van der Waals surface area contributed by atoms with E-state index in [9.17, 15) is 4.79 Å². The highest BCUT2D eigenvalue weighted by atomic mass is 16.5. The molecule has 0 amide bonds. The molecule has 2 aromatic carbocycles. The number of ether oxygens (including phenoxy) is 5. The standard InChI is InChI=1S/C40H53N3O6/c1-9-10-11-12-13-14-19-48-31-17-18-34(46-7)32(23-31)38-41-39-36(40(44)49-37-26(3)20-25(2)21-27(37)4)28(5)33(43(39)42-38)22-29-15-16-30(45-6)24-35(29)47-8/h15-18,22-27,37H,9-14,19-21H2,1-8H3. The summed E-state index contributed by atoms with van der Waals surface area (Å²) in [6, 6.07) is 11.3. The molecule has 0 bridgehead atoms. The summed E-state index contributed by atoms with van der Waals surface area (Å²) in [5.74, 6) is 3.82. The Morgan fingerprint density at radius 2 is 1.57 bits per heavy atom. The molecule has 264 valence electrons. The summed E-state index contributed by atoms with van der Waals surface area (Å²) in [6.07, 6.45) is 11.0. The van der Waals surface area contributed by atoms with Crippen LogP contribution in [-0.4, -0.2) is 54.6 Å². The van der Waals surface area contributed by atoms with E-state index < -0.39 is 0 Å². The number of esters is 1. The summed E-state index contributed by atoms with van der Waals surface area (Å²) in [5, 5.41) is 5.68. The van der Waals surface area contributed by atoms with E-state index in [0.29, 0.717) is 57.7 Å². The molecule has 4 aromatic rings. The maximum Gasteiger partial charge on any atom is 0.342 e. The number of hydrogen-bond acceptors (Lipinski definition) is 8. The van der Waals surface area contributed by atoms with E-state index in [0.717, 1.165) is 42.6 Å². The van der Waals surface area contributed by atoms with E-state index in [-0.39, 0.29) is 23.9 Å². The number of rotatable bonds is 15. The number of carbonyl (C=O) groups excluding carboxylic acids is 1. The third-order valence-corrected chi connectivity index (χ3v) is 9.85. The molecular formula is C40H53N3O6. The third kappa shape index (κ3) is 8.14. The van der Waals surface area contributed by atoms with Crippen LogP contribution in [0.3, 0.4) is 0 Å². The fraction of sp³-hybridized carbons (Fsp3) is 0.525. The van der Waals surface area contributed by atoms with E-state index in [1.807, 2.05) is 49.4 Å². The predicted molar refractivity (Wildman–Crippen MR) is 193 cm³/mol. The van der Waals surface area contributed by atoms with Gasteiger partial charge in [-0.25, -0.2) is 14.3 Å². The Hall–Kier alpha value is -4.27. The van der Waals surface area contributed by atoms with Gasteiger partial charge in [0.1, 0.15) is 34.7 Å². The molecule has 9 nitrogen and oxygen atoms in total. The first-order valence-corrected chi connectivity index (χ1v) is 17.8. The number of methoxy groups -OCH3 is 3. The minimum Gasteiger partial charge on any atom is -0.497 e. The molecule has 2 atom stereocenters. The fourth-order valence-corrected chi connectivity index (χ4v) is 7.34. The molecule has 2 heterocycles. The molecule has 1 aliphatic rings. The number of unbranched alkanes of at least 4 members (excludes halogenated alkanes) is 5. The van der Waals surface area contributed by atoms with Crippen molar-refractivity contribution in [2.24, 2.45) is 17.8 Å². The zero-order chi connectivity index (χ0) is 35.1. The van der Waals surface area contributed by atoms with E-state index in [4.69, 9.17) is 33.8 Å². The Morgan fingerprint density at radius 3 is 2.27 bits per heavy atom. The molecule has 1 fully saturated rings. The van der Waals surface area contributed by atoms with Crippen LogP contribution < -0.4 is 24.3 Å². The molecule has 1 saturated carbocycles. The highest BCUT2D eigenvalue weighted by Crippen LogP contribution is 2.37. The zero-order valence-corrected chi connectivity index (χ0v) is 30.5. The molecule has 0 radical (unpaired) electrons. The van der Waals surface area contributed by atoms with Crippen LogP contribution in [0.5, 0.6) is 23.0 Å². The van der Waals surface area contributed by atoms with E-state index >= 15 is 0 Å². The van der Waals surface area contributed by atoms with Gasteiger partial charge in [0.25, 0.3) is 0 Å². The lowest BCUT2D eigenvalue weighted by Gasteiger charge is -2.37. The van der Waals surface area contributed by atoms with Crippen molar-refractivity contribution in [3.05, 3.63) is 58.4 Å². The van der Waals surface area contributed by atoms with Gasteiger partial charge in [-0.15, -0.1) is 5.10 Å². The molecule has 2 unspecified atom stereocenters. The van der Waals surface area contributed by atoms with Gasteiger partial charge in [0, 0.05) is 11.6 Å². The van der Waals surface area contributed by atoms with Gasteiger partial charge in [-0.1, -0.05) is 59.8 Å². The molecule has 0 aliphatic heterocycles. The van der Waals surface area contributed by atoms with Gasteiger partial charge < -0.3 is 23.7 Å². The van der Waals surface area contributed by atoms with Crippen LogP contribution in [0, 0.1) is 24.7 Å². The summed E-state index contributed by atoms with van der Waals surface area (Å²) in [5.41, 5.74) is 3.06. The average molecular weight is 672 g/mol. The highest BCUT2D eigenvalue weighted by molar-refractivity contribution is 5.98. The Morgan fingerprint density at radius 1 is 0.878 bits per heavy atom. The first-order valence-electron chi connectivity index (χ1n) is 17.8. The largest absolute Gasteiger partial charge is 0.497 e.